The molecule has 1 rings (SSSR count). The molecule has 1 fully saturated rings. The molecule has 1 saturated heterocycles. The first-order valence-corrected chi connectivity index (χ1v) is 6.48. The number of likely N-dealkylation sites (tertiary alicyclic amines) is 1. The Kier molecular flexibility index (Phi) is 6.42. The SMILES string of the molecule is CCNC(=O)CNC1CCCN(CC)CC1. The van der Waals surface area contributed by atoms with Crippen LogP contribution >= 0.6 is 0 Å². The van der Waals surface area contributed by atoms with E-state index in [4.69, 9.17) is 0 Å². The van der Waals surface area contributed by atoms with Crippen LogP contribution < -0.4 is 10.6 Å². The predicted molar refractivity (Wildman–Crippen MR) is 66.4 cm³/mol. The van der Waals surface area contributed by atoms with Crippen LogP contribution in [0.15, 0.2) is 0 Å². The molecule has 2 N–H and O–H groups in total. The van der Waals surface area contributed by atoms with Crippen molar-refractivity contribution < 1.29 is 4.79 Å². The Balaban J connectivity index is 2.19. The number of carbonyl (C=O) groups is 1. The zero-order valence-electron chi connectivity index (χ0n) is 10.6. The Labute approximate surface area is 98.8 Å². The van der Waals surface area contributed by atoms with Crippen molar-refractivity contribution in [3.05, 3.63) is 0 Å². The van der Waals surface area contributed by atoms with Gasteiger partial charge in [-0.1, -0.05) is 6.92 Å². The van der Waals surface area contributed by atoms with Gasteiger partial charge in [0.2, 0.25) is 5.91 Å². The summed E-state index contributed by atoms with van der Waals surface area (Å²) in [5.74, 6) is 0.110. The second-order valence-corrected chi connectivity index (χ2v) is 4.40. The van der Waals surface area contributed by atoms with Gasteiger partial charge in [-0.15, -0.1) is 0 Å². The zero-order valence-corrected chi connectivity index (χ0v) is 10.6. The van der Waals surface area contributed by atoms with Gasteiger partial charge in [0.15, 0.2) is 0 Å². The standard InChI is InChI=1S/C12H25N3O/c1-3-13-12(16)10-14-11-6-5-8-15(4-2)9-7-11/h11,14H,3-10H2,1-2H3,(H,13,16). The van der Waals surface area contributed by atoms with Crippen molar-refractivity contribution in [3.63, 3.8) is 0 Å². The predicted octanol–water partition coefficient (Wildman–Crippen LogP) is 0.587. The molecule has 0 bridgehead atoms. The van der Waals surface area contributed by atoms with Crippen molar-refractivity contribution in [3.8, 4) is 0 Å². The first-order valence-electron chi connectivity index (χ1n) is 6.48. The van der Waals surface area contributed by atoms with Gasteiger partial charge in [-0.25, -0.2) is 0 Å². The molecule has 4 heteroatoms. The van der Waals surface area contributed by atoms with Crippen LogP contribution in [0.5, 0.6) is 0 Å². The molecule has 4 nitrogen and oxygen atoms in total. The highest BCUT2D eigenvalue weighted by atomic mass is 16.1. The Morgan fingerprint density at radius 2 is 2.12 bits per heavy atom. The largest absolute Gasteiger partial charge is 0.355 e. The summed E-state index contributed by atoms with van der Waals surface area (Å²) in [6, 6.07) is 0.513. The highest BCUT2D eigenvalue weighted by Gasteiger charge is 2.15. The first-order chi connectivity index (χ1) is 7.76. The van der Waals surface area contributed by atoms with E-state index < -0.39 is 0 Å². The van der Waals surface area contributed by atoms with E-state index in [2.05, 4.69) is 22.5 Å². The maximum atomic E-state index is 11.3. The Hall–Kier alpha value is -0.610. The molecule has 16 heavy (non-hydrogen) atoms. The molecule has 0 saturated carbocycles. The van der Waals surface area contributed by atoms with E-state index >= 15 is 0 Å². The number of amides is 1. The van der Waals surface area contributed by atoms with Crippen LogP contribution in [0.1, 0.15) is 33.1 Å². The molecule has 1 heterocycles. The van der Waals surface area contributed by atoms with Gasteiger partial charge in [0.25, 0.3) is 0 Å². The Morgan fingerprint density at radius 1 is 1.31 bits per heavy atom. The summed E-state index contributed by atoms with van der Waals surface area (Å²) in [4.78, 5) is 13.8. The van der Waals surface area contributed by atoms with Crippen molar-refractivity contribution in [2.75, 3.05) is 32.7 Å². The van der Waals surface area contributed by atoms with Crippen molar-refractivity contribution >= 4 is 5.91 Å². The van der Waals surface area contributed by atoms with Crippen LogP contribution in [0.3, 0.4) is 0 Å². The summed E-state index contributed by atoms with van der Waals surface area (Å²) < 4.78 is 0. The van der Waals surface area contributed by atoms with Gasteiger partial charge in [-0.05, 0) is 45.8 Å². The summed E-state index contributed by atoms with van der Waals surface area (Å²) in [6.45, 7) is 8.84. The quantitative estimate of drug-likeness (QED) is 0.722. The van der Waals surface area contributed by atoms with Crippen LogP contribution in [-0.2, 0) is 4.79 Å². The number of nitrogens with one attached hydrogen (secondary N) is 2. The second-order valence-electron chi connectivity index (χ2n) is 4.40. The van der Waals surface area contributed by atoms with Crippen LogP contribution in [0.2, 0.25) is 0 Å². The minimum absolute atomic E-state index is 0.110. The molecule has 0 aliphatic carbocycles. The molecule has 1 unspecified atom stereocenters. The molecule has 0 spiro atoms. The maximum absolute atomic E-state index is 11.3. The molecular weight excluding hydrogens is 202 g/mol. The molecule has 0 aromatic rings. The van der Waals surface area contributed by atoms with E-state index in [9.17, 15) is 4.79 Å². The van der Waals surface area contributed by atoms with Gasteiger partial charge in [-0.2, -0.15) is 0 Å². The van der Waals surface area contributed by atoms with E-state index in [1.807, 2.05) is 6.92 Å². The number of hydrogen-bond acceptors (Lipinski definition) is 3. The molecule has 0 radical (unpaired) electrons. The van der Waals surface area contributed by atoms with Crippen LogP contribution in [-0.4, -0.2) is 49.6 Å². The second kappa shape index (κ2) is 7.63. The smallest absolute Gasteiger partial charge is 0.233 e. The van der Waals surface area contributed by atoms with E-state index in [1.165, 1.54) is 19.4 Å². The van der Waals surface area contributed by atoms with Gasteiger partial charge in [0.1, 0.15) is 0 Å². The van der Waals surface area contributed by atoms with Gasteiger partial charge < -0.3 is 15.5 Å². The van der Waals surface area contributed by atoms with Crippen LogP contribution in [0.25, 0.3) is 0 Å². The molecular formula is C12H25N3O. The van der Waals surface area contributed by atoms with Gasteiger partial charge in [0, 0.05) is 12.6 Å². The normalized spacial score (nSPS) is 22.8. The third kappa shape index (κ3) is 4.94. The fourth-order valence-corrected chi connectivity index (χ4v) is 2.17. The summed E-state index contributed by atoms with van der Waals surface area (Å²) in [5, 5.41) is 6.16. The van der Waals surface area contributed by atoms with Crippen molar-refractivity contribution in [1.29, 1.82) is 0 Å². The zero-order chi connectivity index (χ0) is 11.8. The molecule has 1 aliphatic heterocycles. The number of hydrogen-bond donors (Lipinski definition) is 2. The molecule has 0 aromatic heterocycles. The third-order valence-electron chi connectivity index (χ3n) is 3.19. The van der Waals surface area contributed by atoms with E-state index in [0.29, 0.717) is 12.6 Å². The minimum atomic E-state index is 0.110. The van der Waals surface area contributed by atoms with Crippen molar-refractivity contribution in [2.45, 2.75) is 39.2 Å². The van der Waals surface area contributed by atoms with E-state index in [0.717, 1.165) is 26.1 Å². The van der Waals surface area contributed by atoms with Crippen LogP contribution in [0, 0.1) is 0 Å². The van der Waals surface area contributed by atoms with Crippen molar-refractivity contribution in [1.82, 2.24) is 15.5 Å². The number of likely N-dealkylation sites (N-methyl/N-ethyl adjacent to an activating group) is 1. The fourth-order valence-electron chi connectivity index (χ4n) is 2.17. The van der Waals surface area contributed by atoms with Gasteiger partial charge in [0.05, 0.1) is 6.54 Å². The molecule has 0 aromatic carbocycles. The van der Waals surface area contributed by atoms with E-state index in [1.54, 1.807) is 0 Å². The minimum Gasteiger partial charge on any atom is -0.355 e. The molecule has 1 atom stereocenters. The highest BCUT2D eigenvalue weighted by molar-refractivity contribution is 5.77. The molecule has 1 aliphatic rings. The number of rotatable bonds is 5. The number of carbonyl (C=O) groups excluding carboxylic acids is 1. The monoisotopic (exact) mass is 227 g/mol. The number of nitrogens with zero attached hydrogens (tertiary/aromatic N) is 1. The van der Waals surface area contributed by atoms with Gasteiger partial charge in [-0.3, -0.25) is 4.79 Å². The lowest BCUT2D eigenvalue weighted by Gasteiger charge is -2.18. The summed E-state index contributed by atoms with van der Waals surface area (Å²) >= 11 is 0. The third-order valence-corrected chi connectivity index (χ3v) is 3.19. The average Bonchev–Trinajstić information content (AvgIpc) is 2.51. The molecule has 94 valence electrons. The Bertz CT molecular complexity index is 208. The van der Waals surface area contributed by atoms with Gasteiger partial charge >= 0.3 is 0 Å². The lowest BCUT2D eigenvalue weighted by Crippen LogP contribution is -2.39. The fraction of sp³-hybridized carbons (Fsp3) is 0.917. The highest BCUT2D eigenvalue weighted by Crippen LogP contribution is 2.10. The lowest BCUT2D eigenvalue weighted by molar-refractivity contribution is -0.120. The topological polar surface area (TPSA) is 44.4 Å². The average molecular weight is 227 g/mol. The molecule has 1 amide bonds. The maximum Gasteiger partial charge on any atom is 0.233 e. The summed E-state index contributed by atoms with van der Waals surface area (Å²) in [5.41, 5.74) is 0. The lowest BCUT2D eigenvalue weighted by atomic mass is 10.1. The first kappa shape index (κ1) is 13.5. The Morgan fingerprint density at radius 3 is 2.81 bits per heavy atom. The summed E-state index contributed by atoms with van der Waals surface area (Å²) in [6.07, 6.45) is 3.59. The van der Waals surface area contributed by atoms with E-state index in [-0.39, 0.29) is 5.91 Å². The summed E-state index contributed by atoms with van der Waals surface area (Å²) in [7, 11) is 0. The van der Waals surface area contributed by atoms with Crippen molar-refractivity contribution in [2.24, 2.45) is 0 Å². The van der Waals surface area contributed by atoms with Crippen LogP contribution in [0.4, 0.5) is 0 Å².